The fourth-order valence-electron chi connectivity index (χ4n) is 3.90. The summed E-state index contributed by atoms with van der Waals surface area (Å²) in [7, 11) is -3.33. The lowest BCUT2D eigenvalue weighted by Crippen LogP contribution is -2.58. The molecule has 0 bridgehead atoms. The van der Waals surface area contributed by atoms with Crippen molar-refractivity contribution in [1.82, 2.24) is 19.2 Å². The van der Waals surface area contributed by atoms with Crippen LogP contribution in [-0.4, -0.2) is 71.4 Å². The molecule has 1 fully saturated rings. The second-order valence-corrected chi connectivity index (χ2v) is 9.36. The molecule has 3 rings (SSSR count). The van der Waals surface area contributed by atoms with E-state index >= 15 is 0 Å². The van der Waals surface area contributed by atoms with E-state index in [1.165, 1.54) is 6.26 Å². The highest BCUT2D eigenvalue weighted by Gasteiger charge is 2.50. The number of piperidine rings is 1. The van der Waals surface area contributed by atoms with Gasteiger partial charge in [-0.25, -0.2) is 13.4 Å². The van der Waals surface area contributed by atoms with Crippen LogP contribution >= 0.6 is 11.8 Å². The monoisotopic (exact) mass is 372 g/mol. The Labute approximate surface area is 147 Å². The Morgan fingerprint density at radius 2 is 2.08 bits per heavy atom. The first kappa shape index (κ1) is 17.8. The van der Waals surface area contributed by atoms with Crippen LogP contribution in [0.5, 0.6) is 0 Å². The molecule has 0 radical (unpaired) electrons. The van der Waals surface area contributed by atoms with E-state index in [1.54, 1.807) is 22.4 Å². The molecule has 0 aromatic carbocycles. The Morgan fingerprint density at radius 1 is 1.38 bits per heavy atom. The maximum atomic E-state index is 12.4. The van der Waals surface area contributed by atoms with Crippen LogP contribution in [0.4, 0.5) is 0 Å². The number of hydrogen-bond donors (Lipinski definition) is 1. The first-order valence-electron chi connectivity index (χ1n) is 8.16. The molecule has 2 aliphatic heterocycles. The maximum absolute atomic E-state index is 12.4. The number of carbonyl (C=O) groups is 1. The molecule has 0 aliphatic carbocycles. The topological polar surface area (TPSA) is 86.4 Å². The minimum Gasteiger partial charge on any atom is -0.348 e. The van der Waals surface area contributed by atoms with Crippen LogP contribution in [0.15, 0.2) is 6.33 Å². The van der Waals surface area contributed by atoms with Crippen molar-refractivity contribution < 1.29 is 13.2 Å². The van der Waals surface area contributed by atoms with E-state index in [1.807, 2.05) is 11.2 Å². The number of hydrogen-bond acceptors (Lipinski definition) is 5. The number of nitrogens with zero attached hydrogens (tertiary/aromatic N) is 3. The Kier molecular flexibility index (Phi) is 4.94. The summed E-state index contributed by atoms with van der Waals surface area (Å²) in [5, 5.41) is 0. The van der Waals surface area contributed by atoms with Gasteiger partial charge >= 0.3 is 0 Å². The van der Waals surface area contributed by atoms with Gasteiger partial charge in [0.25, 0.3) is 0 Å². The molecule has 0 unspecified atom stereocenters. The molecule has 0 atom stereocenters. The summed E-state index contributed by atoms with van der Waals surface area (Å²) in [5.41, 5.74) is 1.25. The second-order valence-electron chi connectivity index (χ2n) is 6.47. The van der Waals surface area contributed by atoms with E-state index in [0.717, 1.165) is 17.1 Å². The van der Waals surface area contributed by atoms with E-state index < -0.39 is 15.6 Å². The highest BCUT2D eigenvalue weighted by atomic mass is 32.2. The van der Waals surface area contributed by atoms with Gasteiger partial charge in [-0.1, -0.05) is 0 Å². The minimum absolute atomic E-state index is 0.156. The van der Waals surface area contributed by atoms with Crippen molar-refractivity contribution in [2.45, 2.75) is 31.2 Å². The number of carbonyl (C=O) groups excluding carboxylic acids is 1. The van der Waals surface area contributed by atoms with Crippen molar-refractivity contribution in [2.75, 3.05) is 37.9 Å². The van der Waals surface area contributed by atoms with Crippen LogP contribution in [0.25, 0.3) is 0 Å². The summed E-state index contributed by atoms with van der Waals surface area (Å²) < 4.78 is 26.3. The van der Waals surface area contributed by atoms with Gasteiger partial charge in [0.1, 0.15) is 0 Å². The Bertz CT molecular complexity index is 708. The second kappa shape index (κ2) is 6.68. The first-order chi connectivity index (χ1) is 11.4. The summed E-state index contributed by atoms with van der Waals surface area (Å²) in [6.07, 6.45) is 7.30. The van der Waals surface area contributed by atoms with Gasteiger partial charge in [0.2, 0.25) is 15.9 Å². The van der Waals surface area contributed by atoms with Crippen molar-refractivity contribution in [2.24, 2.45) is 0 Å². The molecule has 1 N–H and O–H groups in total. The fourth-order valence-corrected chi connectivity index (χ4v) is 5.61. The summed E-state index contributed by atoms with van der Waals surface area (Å²) in [6, 6.07) is 0. The number of rotatable bonds is 4. The van der Waals surface area contributed by atoms with Gasteiger partial charge in [0.05, 0.1) is 23.8 Å². The Hall–Kier alpha value is -1.06. The van der Waals surface area contributed by atoms with Gasteiger partial charge in [-0.3, -0.25) is 4.79 Å². The van der Waals surface area contributed by atoms with Crippen molar-refractivity contribution in [3.63, 3.8) is 0 Å². The Balaban J connectivity index is 1.85. The summed E-state index contributed by atoms with van der Waals surface area (Å²) in [5.74, 6) is 0.975. The largest absolute Gasteiger partial charge is 0.348 e. The zero-order chi connectivity index (χ0) is 17.4. The molecule has 7 nitrogen and oxygen atoms in total. The predicted octanol–water partition coefficient (Wildman–Crippen LogP) is 0.798. The normalized spacial score (nSPS) is 21.0. The van der Waals surface area contributed by atoms with Gasteiger partial charge in [-0.2, -0.15) is 16.1 Å². The summed E-state index contributed by atoms with van der Waals surface area (Å²) >= 11 is 1.66. The molecule has 1 spiro atoms. The van der Waals surface area contributed by atoms with Crippen LogP contribution in [0.1, 0.15) is 30.7 Å². The SMILES string of the molecule is CSCCC(=O)N1CCC2(CC1)c1nc[nH]c1CCN2S(C)(=O)=O. The van der Waals surface area contributed by atoms with Crippen LogP contribution in [0.2, 0.25) is 0 Å². The molecule has 1 saturated heterocycles. The number of sulfonamides is 1. The van der Waals surface area contributed by atoms with E-state index in [0.29, 0.717) is 45.3 Å². The van der Waals surface area contributed by atoms with Gasteiger partial charge in [-0.05, 0) is 19.1 Å². The average Bonchev–Trinajstić information content (AvgIpc) is 3.02. The van der Waals surface area contributed by atoms with Crippen molar-refractivity contribution in [3.05, 3.63) is 17.7 Å². The lowest BCUT2D eigenvalue weighted by Gasteiger charge is -2.49. The first-order valence-corrected chi connectivity index (χ1v) is 11.4. The minimum atomic E-state index is -3.33. The van der Waals surface area contributed by atoms with Crippen molar-refractivity contribution in [1.29, 1.82) is 0 Å². The molecule has 1 aromatic heterocycles. The standard InChI is InChI=1S/C15H24N4O3S2/c1-23-10-4-13(20)18-8-5-15(6-9-18)14-12(16-11-17-14)3-7-19(15)24(2,21)22/h11H,3-10H2,1-2H3,(H,16,17). The van der Waals surface area contributed by atoms with Gasteiger partial charge < -0.3 is 9.88 Å². The van der Waals surface area contributed by atoms with E-state index in [2.05, 4.69) is 9.97 Å². The molecule has 24 heavy (non-hydrogen) atoms. The Morgan fingerprint density at radius 3 is 2.71 bits per heavy atom. The lowest BCUT2D eigenvalue weighted by atomic mass is 9.80. The van der Waals surface area contributed by atoms with E-state index in [4.69, 9.17) is 0 Å². The number of aromatic nitrogens is 2. The number of likely N-dealkylation sites (tertiary alicyclic amines) is 1. The zero-order valence-electron chi connectivity index (χ0n) is 14.1. The van der Waals surface area contributed by atoms with Gasteiger partial charge in [-0.15, -0.1) is 0 Å². The van der Waals surface area contributed by atoms with Crippen LogP contribution in [-0.2, 0) is 26.8 Å². The molecule has 2 aliphatic rings. The molecular weight excluding hydrogens is 348 g/mol. The number of thioether (sulfide) groups is 1. The van der Waals surface area contributed by atoms with Crippen molar-refractivity contribution >= 4 is 27.7 Å². The number of H-pyrrole nitrogens is 1. The third-order valence-corrected chi connectivity index (χ3v) is 7.01. The van der Waals surface area contributed by atoms with Crippen molar-refractivity contribution in [3.8, 4) is 0 Å². The molecule has 1 aromatic rings. The third-order valence-electron chi connectivity index (χ3n) is 5.07. The van der Waals surface area contributed by atoms with Gasteiger partial charge in [0, 0.05) is 43.9 Å². The quantitative estimate of drug-likeness (QED) is 0.845. The van der Waals surface area contributed by atoms with Crippen LogP contribution in [0.3, 0.4) is 0 Å². The summed E-state index contributed by atoms with van der Waals surface area (Å²) in [4.78, 5) is 21.7. The molecular formula is C15H24N4O3S2. The molecule has 0 saturated carbocycles. The van der Waals surface area contributed by atoms with E-state index in [9.17, 15) is 13.2 Å². The third kappa shape index (κ3) is 3.09. The number of imidazole rings is 1. The zero-order valence-corrected chi connectivity index (χ0v) is 15.8. The van der Waals surface area contributed by atoms with Crippen LogP contribution < -0.4 is 0 Å². The number of fused-ring (bicyclic) bond motifs is 2. The number of nitrogens with one attached hydrogen (secondary N) is 1. The number of aromatic amines is 1. The fraction of sp³-hybridized carbons (Fsp3) is 0.733. The van der Waals surface area contributed by atoms with Gasteiger partial charge in [0.15, 0.2) is 0 Å². The smallest absolute Gasteiger partial charge is 0.223 e. The number of amides is 1. The summed E-state index contributed by atoms with van der Waals surface area (Å²) in [6.45, 7) is 1.62. The molecule has 134 valence electrons. The maximum Gasteiger partial charge on any atom is 0.223 e. The average molecular weight is 373 g/mol. The highest BCUT2D eigenvalue weighted by molar-refractivity contribution is 7.98. The molecule has 9 heteroatoms. The predicted molar refractivity (Wildman–Crippen MR) is 94.3 cm³/mol. The highest BCUT2D eigenvalue weighted by Crippen LogP contribution is 2.43. The lowest BCUT2D eigenvalue weighted by molar-refractivity contribution is -0.133. The molecule has 3 heterocycles. The van der Waals surface area contributed by atoms with Crippen LogP contribution in [0, 0.1) is 0 Å². The molecule has 1 amide bonds. The van der Waals surface area contributed by atoms with E-state index in [-0.39, 0.29) is 5.91 Å².